The first-order chi connectivity index (χ1) is 17.1. The average molecular weight is 480 g/mol. The Bertz CT molecular complexity index is 1470. The molecule has 1 aromatic heterocycles. The molecule has 0 aliphatic heterocycles. The summed E-state index contributed by atoms with van der Waals surface area (Å²) in [4.78, 5) is 13.0. The number of benzene rings is 4. The van der Waals surface area contributed by atoms with Gasteiger partial charge in [-0.05, 0) is 55.0 Å². The maximum absolute atomic E-state index is 13.0. The molecule has 5 aromatic rings. The van der Waals surface area contributed by atoms with Crippen molar-refractivity contribution in [2.45, 2.75) is 19.0 Å². The molecule has 5 nitrogen and oxygen atoms in total. The van der Waals surface area contributed by atoms with Crippen molar-refractivity contribution < 1.29 is 9.53 Å². The SMILES string of the molecule is CCOc1ccc(-n2c(SCC(=O)c3ccc4ccccc4c3)nnc2-c2ccc(C)cc2)cc1. The van der Waals surface area contributed by atoms with Crippen LogP contribution < -0.4 is 4.74 Å². The quantitative estimate of drug-likeness (QED) is 0.182. The number of fused-ring (bicyclic) bond motifs is 1. The molecule has 0 aliphatic carbocycles. The normalized spacial score (nSPS) is 11.0. The number of carbonyl (C=O) groups excluding carboxylic acids is 1. The van der Waals surface area contributed by atoms with Gasteiger partial charge in [0.15, 0.2) is 16.8 Å². The van der Waals surface area contributed by atoms with Gasteiger partial charge >= 0.3 is 0 Å². The third kappa shape index (κ3) is 4.98. The monoisotopic (exact) mass is 479 g/mol. The fourth-order valence-electron chi connectivity index (χ4n) is 3.92. The third-order valence-electron chi connectivity index (χ3n) is 5.75. The predicted molar refractivity (Wildman–Crippen MR) is 142 cm³/mol. The van der Waals surface area contributed by atoms with Crippen LogP contribution in [0.3, 0.4) is 0 Å². The number of ketones is 1. The van der Waals surface area contributed by atoms with Crippen LogP contribution in [-0.4, -0.2) is 32.9 Å². The van der Waals surface area contributed by atoms with Crippen LogP contribution in [0.1, 0.15) is 22.8 Å². The summed E-state index contributed by atoms with van der Waals surface area (Å²) < 4.78 is 7.60. The molecule has 0 amide bonds. The van der Waals surface area contributed by atoms with Crippen LogP contribution in [0.25, 0.3) is 27.8 Å². The van der Waals surface area contributed by atoms with Gasteiger partial charge in [0, 0.05) is 16.8 Å². The average Bonchev–Trinajstić information content (AvgIpc) is 3.32. The highest BCUT2D eigenvalue weighted by Crippen LogP contribution is 2.30. The standard InChI is InChI=1S/C29H25N3O2S/c1-3-34-26-16-14-25(15-17-26)32-28(22-10-8-20(2)9-11-22)30-31-29(32)35-19-27(33)24-13-12-21-6-4-5-7-23(21)18-24/h4-18H,3,19H2,1-2H3. The number of aromatic nitrogens is 3. The maximum atomic E-state index is 13.0. The zero-order valence-electron chi connectivity index (χ0n) is 19.6. The Balaban J connectivity index is 1.45. The summed E-state index contributed by atoms with van der Waals surface area (Å²) in [5.41, 5.74) is 3.75. The number of aryl methyl sites for hydroxylation is 1. The summed E-state index contributed by atoms with van der Waals surface area (Å²) in [6.07, 6.45) is 0. The Morgan fingerprint density at radius 1 is 0.886 bits per heavy atom. The van der Waals surface area contributed by atoms with Gasteiger partial charge in [-0.15, -0.1) is 10.2 Å². The highest BCUT2D eigenvalue weighted by Gasteiger charge is 2.18. The van der Waals surface area contributed by atoms with E-state index in [2.05, 4.69) is 29.3 Å². The van der Waals surface area contributed by atoms with Crippen molar-refractivity contribution >= 4 is 28.3 Å². The minimum atomic E-state index is 0.0545. The van der Waals surface area contributed by atoms with Gasteiger partial charge in [0.25, 0.3) is 0 Å². The van der Waals surface area contributed by atoms with Gasteiger partial charge in [0.2, 0.25) is 0 Å². The van der Waals surface area contributed by atoms with E-state index < -0.39 is 0 Å². The number of Topliss-reactive ketones (excluding diaryl/α,β-unsaturated/α-hetero) is 1. The van der Waals surface area contributed by atoms with Crippen molar-refractivity contribution in [3.63, 3.8) is 0 Å². The highest BCUT2D eigenvalue weighted by molar-refractivity contribution is 7.99. The summed E-state index contributed by atoms with van der Waals surface area (Å²) in [6, 6.07) is 29.9. The van der Waals surface area contributed by atoms with E-state index in [1.54, 1.807) is 0 Å². The lowest BCUT2D eigenvalue weighted by molar-refractivity contribution is 0.102. The number of hydrogen-bond acceptors (Lipinski definition) is 5. The summed E-state index contributed by atoms with van der Waals surface area (Å²) in [7, 11) is 0. The number of carbonyl (C=O) groups is 1. The van der Waals surface area contributed by atoms with E-state index in [0.717, 1.165) is 33.6 Å². The van der Waals surface area contributed by atoms with Crippen LogP contribution in [0.5, 0.6) is 5.75 Å². The molecule has 0 bridgehead atoms. The van der Waals surface area contributed by atoms with Crippen molar-refractivity contribution in [2.24, 2.45) is 0 Å². The van der Waals surface area contributed by atoms with Crippen LogP contribution in [0.2, 0.25) is 0 Å². The Hall–Kier alpha value is -3.90. The van der Waals surface area contributed by atoms with Gasteiger partial charge in [-0.25, -0.2) is 0 Å². The number of hydrogen-bond donors (Lipinski definition) is 0. The molecule has 0 N–H and O–H groups in total. The van der Waals surface area contributed by atoms with Crippen LogP contribution in [-0.2, 0) is 0 Å². The smallest absolute Gasteiger partial charge is 0.196 e. The Labute approximate surface area is 208 Å². The Morgan fingerprint density at radius 3 is 2.37 bits per heavy atom. The summed E-state index contributed by atoms with van der Waals surface area (Å²) in [5.74, 6) is 1.86. The second kappa shape index (κ2) is 10.2. The topological polar surface area (TPSA) is 57.0 Å². The van der Waals surface area contributed by atoms with E-state index in [4.69, 9.17) is 4.74 Å². The number of nitrogens with zero attached hydrogens (tertiary/aromatic N) is 3. The second-order valence-electron chi connectivity index (χ2n) is 8.21. The van der Waals surface area contributed by atoms with Gasteiger partial charge < -0.3 is 4.74 Å². The minimum Gasteiger partial charge on any atom is -0.494 e. The maximum Gasteiger partial charge on any atom is 0.196 e. The molecule has 6 heteroatoms. The number of thioether (sulfide) groups is 1. The summed E-state index contributed by atoms with van der Waals surface area (Å²) in [6.45, 7) is 4.63. The van der Waals surface area contributed by atoms with E-state index in [9.17, 15) is 4.79 Å². The van der Waals surface area contributed by atoms with Crippen LogP contribution in [0, 0.1) is 6.92 Å². The predicted octanol–water partition coefficient (Wildman–Crippen LogP) is 6.77. The molecule has 0 saturated heterocycles. The van der Waals surface area contributed by atoms with Gasteiger partial charge in [0.1, 0.15) is 5.75 Å². The van der Waals surface area contributed by atoms with Crippen LogP contribution in [0.15, 0.2) is 96.2 Å². The molecule has 0 radical (unpaired) electrons. The van der Waals surface area contributed by atoms with E-state index in [1.165, 1.54) is 17.3 Å². The van der Waals surface area contributed by atoms with Gasteiger partial charge in [-0.2, -0.15) is 0 Å². The van der Waals surface area contributed by atoms with E-state index >= 15 is 0 Å². The van der Waals surface area contributed by atoms with Gasteiger partial charge in [-0.3, -0.25) is 9.36 Å². The first-order valence-corrected chi connectivity index (χ1v) is 12.5. The highest BCUT2D eigenvalue weighted by atomic mass is 32.2. The molecule has 0 aliphatic rings. The largest absolute Gasteiger partial charge is 0.494 e. The van der Waals surface area contributed by atoms with Crippen molar-refractivity contribution in [2.75, 3.05) is 12.4 Å². The molecule has 0 unspecified atom stereocenters. The zero-order valence-corrected chi connectivity index (χ0v) is 20.5. The lowest BCUT2D eigenvalue weighted by atomic mass is 10.1. The molecule has 0 atom stereocenters. The molecular formula is C29H25N3O2S. The fraction of sp³-hybridized carbons (Fsp3) is 0.138. The molecule has 0 fully saturated rings. The number of rotatable bonds is 8. The molecular weight excluding hydrogens is 454 g/mol. The second-order valence-corrected chi connectivity index (χ2v) is 9.15. The summed E-state index contributed by atoms with van der Waals surface area (Å²) in [5, 5.41) is 11.8. The zero-order chi connectivity index (χ0) is 24.2. The molecule has 5 rings (SSSR count). The fourth-order valence-corrected chi connectivity index (χ4v) is 4.77. The van der Waals surface area contributed by atoms with Crippen molar-refractivity contribution in [1.82, 2.24) is 14.8 Å². The molecule has 35 heavy (non-hydrogen) atoms. The lowest BCUT2D eigenvalue weighted by Crippen LogP contribution is -2.05. The molecule has 4 aromatic carbocycles. The Morgan fingerprint density at radius 2 is 1.63 bits per heavy atom. The Kier molecular flexibility index (Phi) is 6.64. The van der Waals surface area contributed by atoms with Crippen LogP contribution in [0.4, 0.5) is 0 Å². The molecule has 1 heterocycles. The van der Waals surface area contributed by atoms with E-state index in [1.807, 2.05) is 90.4 Å². The molecule has 174 valence electrons. The molecule has 0 spiro atoms. The third-order valence-corrected chi connectivity index (χ3v) is 6.68. The first-order valence-electron chi connectivity index (χ1n) is 11.5. The minimum absolute atomic E-state index is 0.0545. The number of ether oxygens (including phenoxy) is 1. The van der Waals surface area contributed by atoms with Crippen LogP contribution >= 0.6 is 11.8 Å². The van der Waals surface area contributed by atoms with Crippen molar-refractivity contribution in [1.29, 1.82) is 0 Å². The van der Waals surface area contributed by atoms with E-state index in [0.29, 0.717) is 17.3 Å². The van der Waals surface area contributed by atoms with Gasteiger partial charge in [-0.1, -0.05) is 78.0 Å². The lowest BCUT2D eigenvalue weighted by Gasteiger charge is -2.12. The van der Waals surface area contributed by atoms with Crippen molar-refractivity contribution in [3.8, 4) is 22.8 Å². The van der Waals surface area contributed by atoms with Gasteiger partial charge in [0.05, 0.1) is 12.4 Å². The van der Waals surface area contributed by atoms with Crippen molar-refractivity contribution in [3.05, 3.63) is 102 Å². The van der Waals surface area contributed by atoms with E-state index in [-0.39, 0.29) is 11.5 Å². The summed E-state index contributed by atoms with van der Waals surface area (Å²) >= 11 is 1.39. The molecule has 0 saturated carbocycles. The first kappa shape index (κ1) is 22.9.